The number of carbonyl (C=O) groups is 1. The van der Waals surface area contributed by atoms with Gasteiger partial charge in [-0.1, -0.05) is 6.92 Å². The van der Waals surface area contributed by atoms with Crippen LogP contribution in [-0.4, -0.2) is 17.9 Å². The lowest BCUT2D eigenvalue weighted by Gasteiger charge is -1.99. The molecule has 0 bridgehead atoms. The summed E-state index contributed by atoms with van der Waals surface area (Å²) in [6.07, 6.45) is 5.87. The van der Waals surface area contributed by atoms with Crippen molar-refractivity contribution in [1.29, 1.82) is 0 Å². The second-order valence-corrected chi connectivity index (χ2v) is 3.81. The molecule has 2 aromatic rings. The number of ketones is 1. The first-order valence-corrected chi connectivity index (χ1v) is 5.60. The van der Waals surface area contributed by atoms with Crippen molar-refractivity contribution in [1.82, 2.24) is 4.98 Å². The number of nitrogens with one attached hydrogen (secondary N) is 1. The Morgan fingerprint density at radius 2 is 2.29 bits per heavy atom. The summed E-state index contributed by atoms with van der Waals surface area (Å²) < 4.78 is 5.19. The Kier molecular flexibility index (Phi) is 3.28. The number of H-pyrrole nitrogens is 1. The van der Waals surface area contributed by atoms with E-state index in [0.29, 0.717) is 6.42 Å². The van der Waals surface area contributed by atoms with Crippen LogP contribution in [0.25, 0.3) is 17.0 Å². The second kappa shape index (κ2) is 4.87. The zero-order valence-electron chi connectivity index (χ0n) is 9.99. The summed E-state index contributed by atoms with van der Waals surface area (Å²) in [5, 5.41) is 1.06. The third kappa shape index (κ3) is 2.38. The zero-order valence-corrected chi connectivity index (χ0v) is 9.99. The first-order chi connectivity index (χ1) is 8.24. The van der Waals surface area contributed by atoms with Crippen LogP contribution in [0.4, 0.5) is 0 Å². The lowest BCUT2D eigenvalue weighted by molar-refractivity contribution is -0.114. The molecule has 1 heterocycles. The fourth-order valence-electron chi connectivity index (χ4n) is 1.69. The molecule has 0 aliphatic carbocycles. The number of allylic oxidation sites excluding steroid dienone is 1. The summed E-state index contributed by atoms with van der Waals surface area (Å²) in [4.78, 5) is 14.4. The molecule has 1 aromatic heterocycles. The Morgan fingerprint density at radius 3 is 3.00 bits per heavy atom. The first kappa shape index (κ1) is 11.5. The van der Waals surface area contributed by atoms with Crippen LogP contribution in [0.1, 0.15) is 18.9 Å². The largest absolute Gasteiger partial charge is 0.497 e. The molecule has 1 N–H and O–H groups in total. The van der Waals surface area contributed by atoms with Crippen molar-refractivity contribution in [3.05, 3.63) is 36.0 Å². The van der Waals surface area contributed by atoms with E-state index in [1.807, 2.05) is 37.4 Å². The molecule has 0 radical (unpaired) electrons. The molecule has 0 spiro atoms. The molecular formula is C14H15NO2. The molecule has 0 unspecified atom stereocenters. The molecule has 3 nitrogen and oxygen atoms in total. The van der Waals surface area contributed by atoms with Crippen molar-refractivity contribution in [3.8, 4) is 5.75 Å². The van der Waals surface area contributed by atoms with Gasteiger partial charge in [-0.05, 0) is 30.4 Å². The van der Waals surface area contributed by atoms with Gasteiger partial charge in [0.05, 0.1) is 7.11 Å². The Labute approximate surface area is 100 Å². The summed E-state index contributed by atoms with van der Waals surface area (Å²) >= 11 is 0. The van der Waals surface area contributed by atoms with Crippen LogP contribution in [0, 0.1) is 0 Å². The monoisotopic (exact) mass is 229 g/mol. The zero-order chi connectivity index (χ0) is 12.3. The lowest BCUT2D eigenvalue weighted by atomic mass is 10.1. The van der Waals surface area contributed by atoms with Crippen LogP contribution >= 0.6 is 0 Å². The molecule has 0 fully saturated rings. The minimum atomic E-state index is 0.127. The number of rotatable bonds is 4. The van der Waals surface area contributed by atoms with Crippen molar-refractivity contribution in [2.75, 3.05) is 7.11 Å². The van der Waals surface area contributed by atoms with E-state index in [-0.39, 0.29) is 5.78 Å². The van der Waals surface area contributed by atoms with Crippen LogP contribution in [-0.2, 0) is 4.79 Å². The van der Waals surface area contributed by atoms with Gasteiger partial charge in [0.1, 0.15) is 5.75 Å². The Bertz CT molecular complexity index is 567. The molecular weight excluding hydrogens is 214 g/mol. The normalized spacial score (nSPS) is 11.2. The molecule has 0 aliphatic rings. The van der Waals surface area contributed by atoms with Crippen LogP contribution in [0.2, 0.25) is 0 Å². The van der Waals surface area contributed by atoms with E-state index in [1.54, 1.807) is 13.2 Å². The molecule has 0 saturated carbocycles. The predicted molar refractivity (Wildman–Crippen MR) is 69.2 cm³/mol. The number of hydrogen-bond acceptors (Lipinski definition) is 2. The minimum Gasteiger partial charge on any atom is -0.497 e. The molecule has 0 amide bonds. The minimum absolute atomic E-state index is 0.127. The first-order valence-electron chi connectivity index (χ1n) is 5.60. The Hall–Kier alpha value is -2.03. The van der Waals surface area contributed by atoms with E-state index in [4.69, 9.17) is 4.74 Å². The number of fused-ring (bicyclic) bond motifs is 1. The number of methoxy groups -OCH3 is 1. The highest BCUT2D eigenvalue weighted by molar-refractivity contribution is 5.97. The summed E-state index contributed by atoms with van der Waals surface area (Å²) in [5.74, 6) is 0.941. The number of carbonyl (C=O) groups excluding carboxylic acids is 1. The maximum atomic E-state index is 11.2. The highest BCUT2D eigenvalue weighted by atomic mass is 16.5. The lowest BCUT2D eigenvalue weighted by Crippen LogP contribution is -1.86. The number of aromatic nitrogens is 1. The third-order valence-electron chi connectivity index (χ3n) is 2.72. The van der Waals surface area contributed by atoms with E-state index in [2.05, 4.69) is 4.98 Å². The van der Waals surface area contributed by atoms with Gasteiger partial charge < -0.3 is 9.72 Å². The molecule has 17 heavy (non-hydrogen) atoms. The van der Waals surface area contributed by atoms with Crippen LogP contribution in [0.5, 0.6) is 5.75 Å². The quantitative estimate of drug-likeness (QED) is 0.818. The van der Waals surface area contributed by atoms with E-state index < -0.39 is 0 Å². The average molecular weight is 229 g/mol. The highest BCUT2D eigenvalue weighted by Crippen LogP contribution is 2.24. The molecule has 0 aliphatic heterocycles. The van der Waals surface area contributed by atoms with Crippen molar-refractivity contribution in [2.45, 2.75) is 13.3 Å². The molecule has 2 rings (SSSR count). The highest BCUT2D eigenvalue weighted by Gasteiger charge is 2.02. The van der Waals surface area contributed by atoms with E-state index in [0.717, 1.165) is 22.2 Å². The molecule has 1 aromatic carbocycles. The van der Waals surface area contributed by atoms with Gasteiger partial charge in [-0.3, -0.25) is 4.79 Å². The number of aromatic amines is 1. The fraction of sp³-hybridized carbons (Fsp3) is 0.214. The van der Waals surface area contributed by atoms with Gasteiger partial charge in [0.2, 0.25) is 0 Å². The number of ether oxygens (including phenoxy) is 1. The van der Waals surface area contributed by atoms with Crippen molar-refractivity contribution < 1.29 is 9.53 Å². The summed E-state index contributed by atoms with van der Waals surface area (Å²) in [6.45, 7) is 1.85. The molecule has 0 atom stereocenters. The standard InChI is InChI=1S/C14H15NO2/c1-3-11(16)5-4-10-9-15-14-7-6-12(17-2)8-13(10)14/h4-9,15H,3H2,1-2H3/b5-4+. The van der Waals surface area contributed by atoms with E-state index >= 15 is 0 Å². The topological polar surface area (TPSA) is 42.1 Å². The van der Waals surface area contributed by atoms with Gasteiger partial charge in [-0.15, -0.1) is 0 Å². The maximum absolute atomic E-state index is 11.2. The smallest absolute Gasteiger partial charge is 0.155 e. The predicted octanol–water partition coefficient (Wildman–Crippen LogP) is 3.17. The van der Waals surface area contributed by atoms with Crippen molar-refractivity contribution >= 4 is 22.8 Å². The number of benzene rings is 1. The van der Waals surface area contributed by atoms with Crippen LogP contribution < -0.4 is 4.74 Å². The van der Waals surface area contributed by atoms with Gasteiger partial charge in [0.25, 0.3) is 0 Å². The van der Waals surface area contributed by atoms with Crippen molar-refractivity contribution in [2.24, 2.45) is 0 Å². The van der Waals surface area contributed by atoms with Crippen LogP contribution in [0.15, 0.2) is 30.5 Å². The number of hydrogen-bond donors (Lipinski definition) is 1. The van der Waals surface area contributed by atoms with Crippen molar-refractivity contribution in [3.63, 3.8) is 0 Å². The third-order valence-corrected chi connectivity index (χ3v) is 2.72. The van der Waals surface area contributed by atoms with Gasteiger partial charge >= 0.3 is 0 Å². The van der Waals surface area contributed by atoms with Gasteiger partial charge in [0, 0.05) is 29.1 Å². The molecule has 0 saturated heterocycles. The van der Waals surface area contributed by atoms with Gasteiger partial charge in [0.15, 0.2) is 5.78 Å². The van der Waals surface area contributed by atoms with E-state index in [1.165, 1.54) is 0 Å². The van der Waals surface area contributed by atoms with E-state index in [9.17, 15) is 4.79 Å². The summed E-state index contributed by atoms with van der Waals surface area (Å²) in [7, 11) is 1.64. The Morgan fingerprint density at radius 1 is 1.47 bits per heavy atom. The molecule has 88 valence electrons. The maximum Gasteiger partial charge on any atom is 0.155 e. The fourth-order valence-corrected chi connectivity index (χ4v) is 1.69. The van der Waals surface area contributed by atoms with Gasteiger partial charge in [-0.25, -0.2) is 0 Å². The molecule has 3 heteroatoms. The summed E-state index contributed by atoms with van der Waals surface area (Å²) in [5.41, 5.74) is 2.04. The average Bonchev–Trinajstić information content (AvgIpc) is 2.78. The Balaban J connectivity index is 2.40. The van der Waals surface area contributed by atoms with Gasteiger partial charge in [-0.2, -0.15) is 0 Å². The summed E-state index contributed by atoms with van der Waals surface area (Å²) in [6, 6.07) is 5.83. The van der Waals surface area contributed by atoms with Crippen LogP contribution in [0.3, 0.4) is 0 Å². The second-order valence-electron chi connectivity index (χ2n) is 3.81. The SMILES string of the molecule is CCC(=O)/C=C/c1c[nH]c2ccc(OC)cc12.